The Hall–Kier alpha value is -0.220. The molecule has 82 valence electrons. The number of carbonyl (C=O) groups is 1. The van der Waals surface area contributed by atoms with Crippen molar-refractivity contribution in [1.29, 1.82) is 0 Å². The molecule has 0 spiro atoms. The summed E-state index contributed by atoms with van der Waals surface area (Å²) in [5.74, 6) is 1.24. The lowest BCUT2D eigenvalue weighted by Gasteiger charge is -2.24. The van der Waals surface area contributed by atoms with Crippen LogP contribution in [-0.4, -0.2) is 41.4 Å². The summed E-state index contributed by atoms with van der Waals surface area (Å²) in [5, 5.41) is 0.748. The normalized spacial score (nSPS) is 26.5. The van der Waals surface area contributed by atoms with Gasteiger partial charge in [-0.1, -0.05) is 6.92 Å². The van der Waals surface area contributed by atoms with Crippen molar-refractivity contribution in [2.75, 3.05) is 19.3 Å². The lowest BCUT2D eigenvalue weighted by molar-refractivity contribution is -0.130. The number of likely N-dealkylation sites (N-methyl/N-ethyl adjacent to an activating group) is 1. The Morgan fingerprint density at radius 3 is 2.86 bits per heavy atom. The van der Waals surface area contributed by atoms with Crippen molar-refractivity contribution < 1.29 is 4.79 Å². The molecule has 2 atom stereocenters. The van der Waals surface area contributed by atoms with Gasteiger partial charge in [0.2, 0.25) is 5.91 Å². The highest BCUT2D eigenvalue weighted by atomic mass is 32.2. The first kappa shape index (κ1) is 11.9. The average Bonchev–Trinajstić information content (AvgIpc) is 2.64. The Bertz CT molecular complexity index is 199. The van der Waals surface area contributed by atoms with Crippen LogP contribution in [0.1, 0.15) is 26.2 Å². The van der Waals surface area contributed by atoms with Crippen LogP contribution in [0.25, 0.3) is 0 Å². The number of thioether (sulfide) groups is 1. The number of rotatable bonds is 4. The smallest absolute Gasteiger partial charge is 0.236 e. The second kappa shape index (κ2) is 5.61. The van der Waals surface area contributed by atoms with Crippen molar-refractivity contribution in [3.05, 3.63) is 0 Å². The van der Waals surface area contributed by atoms with Crippen molar-refractivity contribution in [2.45, 2.75) is 37.5 Å². The largest absolute Gasteiger partial charge is 0.342 e. The molecule has 0 saturated heterocycles. The van der Waals surface area contributed by atoms with Crippen LogP contribution in [0, 0.1) is 0 Å². The van der Waals surface area contributed by atoms with Gasteiger partial charge < -0.3 is 10.6 Å². The number of nitrogens with two attached hydrogens (primary N) is 1. The predicted molar refractivity (Wildman–Crippen MR) is 61.4 cm³/mol. The van der Waals surface area contributed by atoms with Crippen molar-refractivity contribution in [3.63, 3.8) is 0 Å². The maximum Gasteiger partial charge on any atom is 0.236 e. The molecular weight excluding hydrogens is 196 g/mol. The number of nitrogens with zero attached hydrogens (tertiary/aromatic N) is 1. The van der Waals surface area contributed by atoms with Crippen LogP contribution in [-0.2, 0) is 4.79 Å². The molecule has 1 saturated carbocycles. The Labute approximate surface area is 90.4 Å². The summed E-state index contributed by atoms with van der Waals surface area (Å²) in [5.41, 5.74) is 5.34. The van der Waals surface area contributed by atoms with E-state index >= 15 is 0 Å². The Balaban J connectivity index is 2.37. The Kier molecular flexibility index (Phi) is 4.75. The van der Waals surface area contributed by atoms with E-state index in [2.05, 4.69) is 6.92 Å². The number of carbonyl (C=O) groups excluding carboxylic acids is 1. The third-order valence-electron chi connectivity index (χ3n) is 2.87. The molecule has 1 aliphatic carbocycles. The van der Waals surface area contributed by atoms with E-state index in [4.69, 9.17) is 5.73 Å². The minimum atomic E-state index is 0.0668. The van der Waals surface area contributed by atoms with E-state index in [-0.39, 0.29) is 12.5 Å². The molecule has 0 radical (unpaired) electrons. The minimum Gasteiger partial charge on any atom is -0.342 e. The van der Waals surface area contributed by atoms with Crippen LogP contribution < -0.4 is 5.73 Å². The molecule has 14 heavy (non-hydrogen) atoms. The van der Waals surface area contributed by atoms with E-state index in [1.54, 1.807) is 0 Å². The molecule has 1 aliphatic rings. The maximum atomic E-state index is 11.4. The lowest BCUT2D eigenvalue weighted by atomic mass is 10.2. The molecule has 1 amide bonds. The molecule has 2 unspecified atom stereocenters. The number of hydrogen-bond acceptors (Lipinski definition) is 3. The van der Waals surface area contributed by atoms with Gasteiger partial charge in [-0.2, -0.15) is 11.8 Å². The van der Waals surface area contributed by atoms with Gasteiger partial charge in [-0.15, -0.1) is 0 Å². The van der Waals surface area contributed by atoms with Gasteiger partial charge >= 0.3 is 0 Å². The predicted octanol–water partition coefficient (Wildman–Crippen LogP) is 1.08. The zero-order valence-electron chi connectivity index (χ0n) is 9.03. The number of amides is 1. The van der Waals surface area contributed by atoms with E-state index in [0.717, 1.165) is 18.1 Å². The highest BCUT2D eigenvalue weighted by Gasteiger charge is 2.29. The van der Waals surface area contributed by atoms with Gasteiger partial charge in [0, 0.05) is 18.3 Å². The molecule has 4 heteroatoms. The summed E-state index contributed by atoms with van der Waals surface area (Å²) in [4.78, 5) is 13.2. The van der Waals surface area contributed by atoms with Crippen molar-refractivity contribution in [2.24, 2.45) is 5.73 Å². The lowest BCUT2D eigenvalue weighted by Crippen LogP contribution is -2.39. The molecule has 0 aromatic rings. The number of hydrogen-bond donors (Lipinski definition) is 1. The summed E-state index contributed by atoms with van der Waals surface area (Å²) in [6.45, 7) is 2.32. The van der Waals surface area contributed by atoms with Gasteiger partial charge in [-0.3, -0.25) is 4.79 Å². The fourth-order valence-electron chi connectivity index (χ4n) is 2.00. The molecule has 0 aliphatic heterocycles. The molecule has 1 rings (SSSR count). The third-order valence-corrected chi connectivity index (χ3v) is 4.11. The summed E-state index contributed by atoms with van der Waals surface area (Å²) in [6.07, 6.45) is 3.52. The van der Waals surface area contributed by atoms with E-state index in [0.29, 0.717) is 6.04 Å². The van der Waals surface area contributed by atoms with E-state index < -0.39 is 0 Å². The first-order chi connectivity index (χ1) is 6.69. The van der Waals surface area contributed by atoms with Crippen molar-refractivity contribution in [3.8, 4) is 0 Å². The summed E-state index contributed by atoms with van der Waals surface area (Å²) in [6, 6.07) is 0.426. The zero-order chi connectivity index (χ0) is 10.6. The SMILES string of the molecule is CCSC1CCC(N(C)C(=O)CN)C1. The first-order valence-corrected chi connectivity index (χ1v) is 6.31. The van der Waals surface area contributed by atoms with Gasteiger partial charge in [0.05, 0.1) is 6.54 Å². The Morgan fingerprint density at radius 2 is 2.29 bits per heavy atom. The second-order valence-corrected chi connectivity index (χ2v) is 5.33. The fraction of sp³-hybridized carbons (Fsp3) is 0.900. The van der Waals surface area contributed by atoms with E-state index in [1.807, 2.05) is 23.7 Å². The summed E-state index contributed by atoms with van der Waals surface area (Å²) in [7, 11) is 1.87. The monoisotopic (exact) mass is 216 g/mol. The molecule has 0 bridgehead atoms. The van der Waals surface area contributed by atoms with Crippen LogP contribution in [0.5, 0.6) is 0 Å². The zero-order valence-corrected chi connectivity index (χ0v) is 9.85. The topological polar surface area (TPSA) is 46.3 Å². The quantitative estimate of drug-likeness (QED) is 0.765. The van der Waals surface area contributed by atoms with Gasteiger partial charge in [0.15, 0.2) is 0 Å². The highest BCUT2D eigenvalue weighted by Crippen LogP contribution is 2.31. The van der Waals surface area contributed by atoms with Crippen LogP contribution in [0.3, 0.4) is 0 Å². The molecule has 0 aromatic heterocycles. The van der Waals surface area contributed by atoms with Crippen LogP contribution >= 0.6 is 11.8 Å². The summed E-state index contributed by atoms with van der Waals surface area (Å²) >= 11 is 2.01. The standard InChI is InChI=1S/C10H20N2OS/c1-3-14-9-5-4-8(6-9)12(2)10(13)7-11/h8-9H,3-7,11H2,1-2H3. The van der Waals surface area contributed by atoms with Gasteiger partial charge in [0.25, 0.3) is 0 Å². The molecule has 2 N–H and O–H groups in total. The third kappa shape index (κ3) is 2.89. The van der Waals surface area contributed by atoms with E-state index in [9.17, 15) is 4.79 Å². The highest BCUT2D eigenvalue weighted by molar-refractivity contribution is 7.99. The molecule has 1 fully saturated rings. The first-order valence-electron chi connectivity index (χ1n) is 5.26. The van der Waals surface area contributed by atoms with Gasteiger partial charge in [-0.05, 0) is 25.0 Å². The summed E-state index contributed by atoms with van der Waals surface area (Å²) < 4.78 is 0. The van der Waals surface area contributed by atoms with Gasteiger partial charge in [0.1, 0.15) is 0 Å². The van der Waals surface area contributed by atoms with Crippen LogP contribution in [0.15, 0.2) is 0 Å². The molecular formula is C10H20N2OS. The van der Waals surface area contributed by atoms with Crippen molar-refractivity contribution >= 4 is 17.7 Å². The van der Waals surface area contributed by atoms with Crippen molar-refractivity contribution in [1.82, 2.24) is 4.90 Å². The molecule has 3 nitrogen and oxygen atoms in total. The second-order valence-electron chi connectivity index (χ2n) is 3.75. The maximum absolute atomic E-state index is 11.4. The molecule has 0 heterocycles. The van der Waals surface area contributed by atoms with Crippen LogP contribution in [0.2, 0.25) is 0 Å². The average molecular weight is 216 g/mol. The van der Waals surface area contributed by atoms with Crippen LogP contribution in [0.4, 0.5) is 0 Å². The minimum absolute atomic E-state index is 0.0668. The molecule has 0 aromatic carbocycles. The fourth-order valence-corrected chi connectivity index (χ4v) is 3.14. The van der Waals surface area contributed by atoms with E-state index in [1.165, 1.54) is 12.2 Å². The Morgan fingerprint density at radius 1 is 1.57 bits per heavy atom. The van der Waals surface area contributed by atoms with Gasteiger partial charge in [-0.25, -0.2) is 0 Å².